The number of rotatable bonds is 2. The molecule has 0 aliphatic carbocycles. The molecule has 0 aromatic heterocycles. The predicted octanol–water partition coefficient (Wildman–Crippen LogP) is 1.39. The molecule has 0 radical (unpaired) electrons. The molecule has 0 fully saturated rings. The molecule has 0 spiro atoms. The summed E-state index contributed by atoms with van der Waals surface area (Å²) in [5.74, 6) is 0. The Morgan fingerprint density at radius 3 is 2.71 bits per heavy atom. The number of para-hydroxylation sites is 1. The maximum Gasteiger partial charge on any atom is 0.0608 e. The zero-order valence-corrected chi connectivity index (χ0v) is 7.83. The van der Waals surface area contributed by atoms with Crippen molar-refractivity contribution in [2.75, 3.05) is 11.9 Å². The summed E-state index contributed by atoms with van der Waals surface area (Å²) in [6.07, 6.45) is 3.83. The summed E-state index contributed by atoms with van der Waals surface area (Å²) in [5, 5.41) is 6.31. The number of anilines is 1. The van der Waals surface area contributed by atoms with E-state index in [1.165, 1.54) is 0 Å². The topological polar surface area (TPSA) is 50.1 Å². The van der Waals surface area contributed by atoms with Crippen LogP contribution in [0.1, 0.15) is 0 Å². The smallest absolute Gasteiger partial charge is 0.0608 e. The standard InChI is InChI=1S/C11H13N3/c12-10-8-13-7-6-11(10)14-9-4-2-1-3-5-9/h1-7,13-14H,8,12H2. The van der Waals surface area contributed by atoms with Gasteiger partial charge in [-0.05, 0) is 24.4 Å². The van der Waals surface area contributed by atoms with Crippen LogP contribution in [0.2, 0.25) is 0 Å². The van der Waals surface area contributed by atoms with Gasteiger partial charge >= 0.3 is 0 Å². The van der Waals surface area contributed by atoms with Crippen LogP contribution >= 0.6 is 0 Å². The molecular weight excluding hydrogens is 174 g/mol. The van der Waals surface area contributed by atoms with Crippen molar-refractivity contribution < 1.29 is 0 Å². The maximum absolute atomic E-state index is 5.83. The molecule has 1 aromatic carbocycles. The van der Waals surface area contributed by atoms with Crippen molar-refractivity contribution in [3.63, 3.8) is 0 Å². The van der Waals surface area contributed by atoms with Gasteiger partial charge in [0.15, 0.2) is 0 Å². The first-order valence-corrected chi connectivity index (χ1v) is 4.57. The fourth-order valence-corrected chi connectivity index (χ4v) is 1.31. The van der Waals surface area contributed by atoms with Crippen LogP contribution in [0.4, 0.5) is 5.69 Å². The van der Waals surface area contributed by atoms with Gasteiger partial charge in [0.1, 0.15) is 0 Å². The average Bonchev–Trinajstić information content (AvgIpc) is 2.23. The summed E-state index contributed by atoms with van der Waals surface area (Å²) in [6.45, 7) is 0.700. The van der Waals surface area contributed by atoms with Gasteiger partial charge in [0.25, 0.3) is 0 Å². The van der Waals surface area contributed by atoms with Crippen molar-refractivity contribution in [1.29, 1.82) is 0 Å². The first-order chi connectivity index (χ1) is 6.86. The molecule has 1 heterocycles. The van der Waals surface area contributed by atoms with Crippen molar-refractivity contribution >= 4 is 5.69 Å². The normalized spacial score (nSPS) is 15.1. The zero-order valence-electron chi connectivity index (χ0n) is 7.83. The second kappa shape index (κ2) is 3.87. The Morgan fingerprint density at radius 2 is 2.00 bits per heavy atom. The molecule has 0 atom stereocenters. The monoisotopic (exact) mass is 187 g/mol. The fraction of sp³-hybridized carbons (Fsp3) is 0.0909. The number of hydrogen-bond acceptors (Lipinski definition) is 3. The maximum atomic E-state index is 5.83. The first-order valence-electron chi connectivity index (χ1n) is 4.57. The van der Waals surface area contributed by atoms with Crippen molar-refractivity contribution in [1.82, 2.24) is 5.32 Å². The van der Waals surface area contributed by atoms with E-state index in [1.54, 1.807) is 0 Å². The van der Waals surface area contributed by atoms with Crippen molar-refractivity contribution in [3.05, 3.63) is 54.0 Å². The summed E-state index contributed by atoms with van der Waals surface area (Å²) >= 11 is 0. The highest BCUT2D eigenvalue weighted by Crippen LogP contribution is 2.12. The second-order valence-electron chi connectivity index (χ2n) is 3.14. The number of dihydropyridines is 1. The minimum Gasteiger partial charge on any atom is -0.399 e. The number of nitrogens with one attached hydrogen (secondary N) is 2. The number of benzene rings is 1. The van der Waals surface area contributed by atoms with Crippen LogP contribution in [0, 0.1) is 0 Å². The number of nitrogens with two attached hydrogens (primary N) is 1. The van der Waals surface area contributed by atoms with Crippen LogP contribution in [-0.2, 0) is 0 Å². The first kappa shape index (κ1) is 8.69. The van der Waals surface area contributed by atoms with Crippen LogP contribution in [0.15, 0.2) is 54.0 Å². The van der Waals surface area contributed by atoms with E-state index in [1.807, 2.05) is 42.6 Å². The molecule has 1 aliphatic rings. The average molecular weight is 187 g/mol. The lowest BCUT2D eigenvalue weighted by Gasteiger charge is -2.15. The van der Waals surface area contributed by atoms with Crippen LogP contribution in [0.25, 0.3) is 0 Å². The molecule has 0 amide bonds. The lowest BCUT2D eigenvalue weighted by atomic mass is 10.2. The highest BCUT2D eigenvalue weighted by molar-refractivity contribution is 5.52. The molecule has 3 heteroatoms. The van der Waals surface area contributed by atoms with Crippen molar-refractivity contribution in [2.45, 2.75) is 0 Å². The third kappa shape index (κ3) is 1.88. The molecule has 0 unspecified atom stereocenters. The summed E-state index contributed by atoms with van der Waals surface area (Å²) in [7, 11) is 0. The number of allylic oxidation sites excluding steroid dienone is 1. The lowest BCUT2D eigenvalue weighted by Crippen LogP contribution is -2.23. The van der Waals surface area contributed by atoms with Crippen LogP contribution < -0.4 is 16.4 Å². The third-order valence-electron chi connectivity index (χ3n) is 2.06. The molecule has 0 saturated carbocycles. The molecule has 1 aliphatic heterocycles. The van der Waals surface area contributed by atoms with E-state index in [-0.39, 0.29) is 0 Å². The Balaban J connectivity index is 2.15. The second-order valence-corrected chi connectivity index (χ2v) is 3.14. The van der Waals surface area contributed by atoms with E-state index < -0.39 is 0 Å². The summed E-state index contributed by atoms with van der Waals surface area (Å²) in [6, 6.07) is 9.99. The Morgan fingerprint density at radius 1 is 1.21 bits per heavy atom. The molecule has 72 valence electrons. The minimum atomic E-state index is 0.700. The highest BCUT2D eigenvalue weighted by Gasteiger charge is 2.03. The zero-order chi connectivity index (χ0) is 9.80. The quantitative estimate of drug-likeness (QED) is 0.655. The van der Waals surface area contributed by atoms with E-state index in [0.717, 1.165) is 17.1 Å². The van der Waals surface area contributed by atoms with E-state index in [0.29, 0.717) is 6.54 Å². The minimum absolute atomic E-state index is 0.700. The largest absolute Gasteiger partial charge is 0.399 e. The van der Waals surface area contributed by atoms with E-state index in [4.69, 9.17) is 5.73 Å². The molecular formula is C11H13N3. The van der Waals surface area contributed by atoms with Crippen LogP contribution in [0.3, 0.4) is 0 Å². The van der Waals surface area contributed by atoms with Gasteiger partial charge in [0, 0.05) is 5.69 Å². The van der Waals surface area contributed by atoms with Crippen molar-refractivity contribution in [3.8, 4) is 0 Å². The highest BCUT2D eigenvalue weighted by atomic mass is 15.0. The van der Waals surface area contributed by atoms with E-state index in [2.05, 4.69) is 10.6 Å². The van der Waals surface area contributed by atoms with Crippen LogP contribution in [-0.4, -0.2) is 6.54 Å². The van der Waals surface area contributed by atoms with Gasteiger partial charge in [-0.2, -0.15) is 0 Å². The van der Waals surface area contributed by atoms with Gasteiger partial charge in [-0.1, -0.05) is 18.2 Å². The van der Waals surface area contributed by atoms with Gasteiger partial charge in [-0.25, -0.2) is 0 Å². The Hall–Kier alpha value is -1.90. The van der Waals surface area contributed by atoms with E-state index in [9.17, 15) is 0 Å². The summed E-state index contributed by atoms with van der Waals surface area (Å²) < 4.78 is 0. The molecule has 3 nitrogen and oxygen atoms in total. The molecule has 1 aromatic rings. The third-order valence-corrected chi connectivity index (χ3v) is 2.06. The summed E-state index contributed by atoms with van der Waals surface area (Å²) in [5.41, 5.74) is 8.68. The Kier molecular flexibility index (Phi) is 2.40. The molecule has 0 bridgehead atoms. The predicted molar refractivity (Wildman–Crippen MR) is 58.4 cm³/mol. The van der Waals surface area contributed by atoms with Crippen molar-refractivity contribution in [2.24, 2.45) is 5.73 Å². The molecule has 0 saturated heterocycles. The van der Waals surface area contributed by atoms with Gasteiger partial charge in [-0.15, -0.1) is 0 Å². The SMILES string of the molecule is NC1=C(Nc2ccccc2)C=CNC1. The van der Waals surface area contributed by atoms with Gasteiger partial charge in [-0.3, -0.25) is 0 Å². The molecule has 4 N–H and O–H groups in total. The molecule has 14 heavy (non-hydrogen) atoms. The fourth-order valence-electron chi connectivity index (χ4n) is 1.31. The van der Waals surface area contributed by atoms with Gasteiger partial charge in [0.2, 0.25) is 0 Å². The van der Waals surface area contributed by atoms with Crippen LogP contribution in [0.5, 0.6) is 0 Å². The van der Waals surface area contributed by atoms with Gasteiger partial charge in [0.05, 0.1) is 17.9 Å². The summed E-state index contributed by atoms with van der Waals surface area (Å²) in [4.78, 5) is 0. The number of hydrogen-bond donors (Lipinski definition) is 3. The van der Waals surface area contributed by atoms with E-state index >= 15 is 0 Å². The van der Waals surface area contributed by atoms with Gasteiger partial charge < -0.3 is 16.4 Å². The molecule has 2 rings (SSSR count). The Bertz CT molecular complexity index is 365. The Labute approximate surface area is 83.3 Å². The lowest BCUT2D eigenvalue weighted by molar-refractivity contribution is 0.892.